The highest BCUT2D eigenvalue weighted by Crippen LogP contribution is 2.28. The number of hydrogen-bond donors (Lipinski definition) is 1. The maximum Gasteiger partial charge on any atom is 0.234 e. The lowest BCUT2D eigenvalue weighted by Crippen LogP contribution is -2.13. The van der Waals surface area contributed by atoms with E-state index < -0.39 is 0 Å². The van der Waals surface area contributed by atoms with E-state index in [4.69, 9.17) is 5.26 Å². The summed E-state index contributed by atoms with van der Waals surface area (Å²) in [6, 6.07) is 18.9. The van der Waals surface area contributed by atoms with Crippen LogP contribution in [0.1, 0.15) is 5.56 Å². The van der Waals surface area contributed by atoms with Gasteiger partial charge in [-0.05, 0) is 18.2 Å². The number of nitriles is 1. The van der Waals surface area contributed by atoms with Crippen LogP contribution in [0.5, 0.6) is 0 Å². The Morgan fingerprint density at radius 2 is 2.04 bits per heavy atom. The second-order valence-corrected chi connectivity index (χ2v) is 6.97. The largest absolute Gasteiger partial charge is 0.325 e. The summed E-state index contributed by atoms with van der Waals surface area (Å²) < 4.78 is 0.856. The van der Waals surface area contributed by atoms with E-state index in [-0.39, 0.29) is 11.7 Å². The van der Waals surface area contributed by atoms with Crippen LogP contribution in [0.25, 0.3) is 11.3 Å². The highest BCUT2D eigenvalue weighted by atomic mass is 32.2. The van der Waals surface area contributed by atoms with Crippen molar-refractivity contribution in [1.82, 2.24) is 4.98 Å². The fourth-order valence-corrected chi connectivity index (χ4v) is 3.69. The molecule has 118 valence electrons. The van der Waals surface area contributed by atoms with Gasteiger partial charge in [0.25, 0.3) is 0 Å². The van der Waals surface area contributed by atoms with Gasteiger partial charge in [-0.1, -0.05) is 48.2 Å². The van der Waals surface area contributed by atoms with Crippen molar-refractivity contribution in [3.05, 3.63) is 65.5 Å². The molecule has 0 spiro atoms. The molecule has 0 saturated carbocycles. The van der Waals surface area contributed by atoms with Crippen LogP contribution in [0.4, 0.5) is 5.69 Å². The van der Waals surface area contributed by atoms with E-state index >= 15 is 0 Å². The first-order valence-electron chi connectivity index (χ1n) is 7.18. The van der Waals surface area contributed by atoms with Crippen LogP contribution in [0.15, 0.2) is 64.3 Å². The van der Waals surface area contributed by atoms with Crippen LogP contribution in [0.3, 0.4) is 0 Å². The Morgan fingerprint density at radius 1 is 1.21 bits per heavy atom. The predicted octanol–water partition coefficient (Wildman–Crippen LogP) is 4.41. The fourth-order valence-electron chi connectivity index (χ4n) is 2.06. The molecule has 0 aliphatic carbocycles. The molecule has 6 heteroatoms. The van der Waals surface area contributed by atoms with Crippen molar-refractivity contribution < 1.29 is 4.79 Å². The number of benzene rings is 2. The van der Waals surface area contributed by atoms with E-state index in [1.54, 1.807) is 24.3 Å². The minimum absolute atomic E-state index is 0.119. The first-order chi connectivity index (χ1) is 11.7. The van der Waals surface area contributed by atoms with Crippen molar-refractivity contribution in [2.24, 2.45) is 0 Å². The van der Waals surface area contributed by atoms with Crippen molar-refractivity contribution in [3.63, 3.8) is 0 Å². The monoisotopic (exact) mass is 351 g/mol. The molecule has 1 N–H and O–H groups in total. The van der Waals surface area contributed by atoms with E-state index in [0.717, 1.165) is 15.6 Å². The average Bonchev–Trinajstić information content (AvgIpc) is 3.10. The molecule has 0 fully saturated rings. The van der Waals surface area contributed by atoms with Crippen LogP contribution in [-0.2, 0) is 4.79 Å². The van der Waals surface area contributed by atoms with Crippen molar-refractivity contribution in [3.8, 4) is 17.3 Å². The SMILES string of the molecule is N#Cc1cccc(NC(=O)CSc2nc(-c3ccccc3)cs2)c1. The van der Waals surface area contributed by atoms with Crippen molar-refractivity contribution in [2.75, 3.05) is 11.1 Å². The molecule has 0 aliphatic rings. The van der Waals surface area contributed by atoms with Crippen molar-refractivity contribution in [1.29, 1.82) is 5.26 Å². The topological polar surface area (TPSA) is 65.8 Å². The zero-order valence-corrected chi connectivity index (χ0v) is 14.2. The maximum absolute atomic E-state index is 12.0. The lowest BCUT2D eigenvalue weighted by Gasteiger charge is -2.04. The van der Waals surface area contributed by atoms with Gasteiger partial charge in [0, 0.05) is 16.6 Å². The van der Waals surface area contributed by atoms with E-state index in [9.17, 15) is 4.79 Å². The number of rotatable bonds is 5. The van der Waals surface area contributed by atoms with Crippen LogP contribution in [-0.4, -0.2) is 16.6 Å². The molecule has 0 saturated heterocycles. The number of thiazole rings is 1. The van der Waals surface area contributed by atoms with Gasteiger partial charge in [0.2, 0.25) is 5.91 Å². The first-order valence-corrected chi connectivity index (χ1v) is 9.05. The molecule has 0 radical (unpaired) electrons. The molecular formula is C18H13N3OS2. The lowest BCUT2D eigenvalue weighted by molar-refractivity contribution is -0.113. The third kappa shape index (κ3) is 4.22. The number of carbonyl (C=O) groups is 1. The van der Waals surface area contributed by atoms with Gasteiger partial charge in [-0.2, -0.15) is 5.26 Å². The van der Waals surface area contributed by atoms with Gasteiger partial charge >= 0.3 is 0 Å². The number of hydrogen-bond acceptors (Lipinski definition) is 5. The molecule has 0 unspecified atom stereocenters. The maximum atomic E-state index is 12.0. The Hall–Kier alpha value is -2.62. The molecule has 1 aromatic heterocycles. The highest BCUT2D eigenvalue weighted by Gasteiger charge is 2.08. The number of aromatic nitrogens is 1. The average molecular weight is 351 g/mol. The van der Waals surface area contributed by atoms with Crippen LogP contribution in [0, 0.1) is 11.3 Å². The molecule has 0 aliphatic heterocycles. The number of anilines is 1. The van der Waals surface area contributed by atoms with Crippen LogP contribution < -0.4 is 5.32 Å². The molecule has 1 amide bonds. The summed E-state index contributed by atoms with van der Waals surface area (Å²) >= 11 is 2.93. The summed E-state index contributed by atoms with van der Waals surface area (Å²) in [5, 5.41) is 13.7. The first kappa shape index (κ1) is 16.2. The summed E-state index contributed by atoms with van der Waals surface area (Å²) in [6.45, 7) is 0. The Balaban J connectivity index is 1.57. The van der Waals surface area contributed by atoms with Gasteiger partial charge in [0.05, 0.1) is 23.1 Å². The van der Waals surface area contributed by atoms with Crippen molar-refractivity contribution >= 4 is 34.7 Å². The molecule has 0 atom stereocenters. The molecular weight excluding hydrogens is 338 g/mol. The highest BCUT2D eigenvalue weighted by molar-refractivity contribution is 8.01. The lowest BCUT2D eigenvalue weighted by atomic mass is 10.2. The van der Waals surface area contributed by atoms with Gasteiger partial charge in [-0.15, -0.1) is 11.3 Å². The molecule has 3 aromatic rings. The van der Waals surface area contributed by atoms with E-state index in [2.05, 4.69) is 16.4 Å². The summed E-state index contributed by atoms with van der Waals surface area (Å²) in [5.41, 5.74) is 3.14. The summed E-state index contributed by atoms with van der Waals surface area (Å²) in [6.07, 6.45) is 0. The molecule has 4 nitrogen and oxygen atoms in total. The second-order valence-electron chi connectivity index (χ2n) is 4.89. The van der Waals surface area contributed by atoms with Gasteiger partial charge < -0.3 is 5.32 Å². The van der Waals surface area contributed by atoms with Gasteiger partial charge in [0.15, 0.2) is 4.34 Å². The van der Waals surface area contributed by atoms with Gasteiger partial charge in [0.1, 0.15) is 0 Å². The molecule has 0 bridgehead atoms. The minimum Gasteiger partial charge on any atom is -0.325 e. The standard InChI is InChI=1S/C18H13N3OS2/c19-10-13-5-4-8-15(9-13)20-17(22)12-24-18-21-16(11-23-18)14-6-2-1-3-7-14/h1-9,11H,12H2,(H,20,22). The number of thioether (sulfide) groups is 1. The Labute approximate surface area is 148 Å². The molecule has 1 heterocycles. The zero-order valence-electron chi connectivity index (χ0n) is 12.6. The molecule has 3 rings (SSSR count). The van der Waals surface area contributed by atoms with E-state index in [1.165, 1.54) is 23.1 Å². The Morgan fingerprint density at radius 3 is 2.83 bits per heavy atom. The molecule has 24 heavy (non-hydrogen) atoms. The fraction of sp³-hybridized carbons (Fsp3) is 0.0556. The third-order valence-electron chi connectivity index (χ3n) is 3.15. The van der Waals surface area contributed by atoms with Crippen LogP contribution in [0.2, 0.25) is 0 Å². The predicted molar refractivity (Wildman–Crippen MR) is 98.1 cm³/mol. The van der Waals surface area contributed by atoms with E-state index in [0.29, 0.717) is 11.3 Å². The zero-order chi connectivity index (χ0) is 16.8. The van der Waals surface area contributed by atoms with E-state index in [1.807, 2.05) is 35.7 Å². The number of carbonyl (C=O) groups excluding carboxylic acids is 1. The van der Waals surface area contributed by atoms with Gasteiger partial charge in [-0.3, -0.25) is 4.79 Å². The second kappa shape index (κ2) is 7.77. The summed E-state index contributed by atoms with van der Waals surface area (Å²) in [5.74, 6) is 0.157. The smallest absolute Gasteiger partial charge is 0.234 e. The van der Waals surface area contributed by atoms with Crippen molar-refractivity contribution in [2.45, 2.75) is 4.34 Å². The number of amides is 1. The molecule has 2 aromatic carbocycles. The Kier molecular flexibility index (Phi) is 5.26. The van der Waals surface area contributed by atoms with Crippen LogP contribution >= 0.6 is 23.1 Å². The summed E-state index contributed by atoms with van der Waals surface area (Å²) in [7, 11) is 0. The summed E-state index contributed by atoms with van der Waals surface area (Å²) in [4.78, 5) is 16.6. The minimum atomic E-state index is -0.119. The quantitative estimate of drug-likeness (QED) is 0.691. The Bertz CT molecular complexity index is 885. The number of nitrogens with zero attached hydrogens (tertiary/aromatic N) is 2. The van der Waals surface area contributed by atoms with Gasteiger partial charge in [-0.25, -0.2) is 4.98 Å². The normalized spacial score (nSPS) is 10.1. The number of nitrogens with one attached hydrogen (secondary N) is 1. The third-order valence-corrected chi connectivity index (χ3v) is 5.18.